The Morgan fingerprint density at radius 2 is 2.50 bits per heavy atom. The summed E-state index contributed by atoms with van der Waals surface area (Å²) in [5, 5.41) is 0. The average Bonchev–Trinajstić information content (AvgIpc) is 2.71. The van der Waals surface area contributed by atoms with Gasteiger partial charge in [-0.3, -0.25) is 0 Å². The van der Waals surface area contributed by atoms with Crippen molar-refractivity contribution in [2.24, 2.45) is 0 Å². The second-order valence-electron chi connectivity index (χ2n) is 2.22. The molecule has 0 aromatic heterocycles. The van der Waals surface area contributed by atoms with Gasteiger partial charge in [0.25, 0.3) is 0 Å². The van der Waals surface area contributed by atoms with E-state index in [-0.39, 0.29) is 0 Å². The van der Waals surface area contributed by atoms with Crippen LogP contribution in [0.1, 0.15) is 6.42 Å². The fraction of sp³-hybridized carbons (Fsp3) is 1.00. The van der Waals surface area contributed by atoms with Gasteiger partial charge in [-0.1, -0.05) is 0 Å². The summed E-state index contributed by atoms with van der Waals surface area (Å²) in [5.41, 5.74) is 0. The van der Waals surface area contributed by atoms with Gasteiger partial charge in [-0.15, -0.1) is 0 Å². The van der Waals surface area contributed by atoms with Crippen molar-refractivity contribution in [1.82, 2.24) is 0 Å². The third kappa shape index (κ3) is 4.11. The predicted molar refractivity (Wildman–Crippen MR) is 40.3 cm³/mol. The average molecular weight is 164 g/mol. The molecule has 0 radical (unpaired) electrons. The fourth-order valence-electron chi connectivity index (χ4n) is 0.605. The first kappa shape index (κ1) is 8.33. The van der Waals surface area contributed by atoms with Crippen molar-refractivity contribution in [3.05, 3.63) is 0 Å². The van der Waals surface area contributed by atoms with Gasteiger partial charge >= 0.3 is 0 Å². The van der Waals surface area contributed by atoms with Crippen LogP contribution >= 0.6 is 12.0 Å². The van der Waals surface area contributed by atoms with E-state index in [4.69, 9.17) is 14.0 Å². The van der Waals surface area contributed by atoms with Crippen molar-refractivity contribution in [3.63, 3.8) is 0 Å². The van der Waals surface area contributed by atoms with Crippen molar-refractivity contribution in [1.29, 1.82) is 0 Å². The van der Waals surface area contributed by atoms with Crippen molar-refractivity contribution in [2.45, 2.75) is 12.5 Å². The third-order valence-electron chi connectivity index (χ3n) is 1.23. The SMILES string of the molecule is OSCCCOCC1CO1. The maximum absolute atomic E-state index is 8.32. The maximum Gasteiger partial charge on any atom is 0.104 e. The van der Waals surface area contributed by atoms with Crippen molar-refractivity contribution in [2.75, 3.05) is 25.6 Å². The normalized spacial score (nSPS) is 23.1. The zero-order chi connectivity index (χ0) is 7.23. The van der Waals surface area contributed by atoms with E-state index in [1.807, 2.05) is 0 Å². The number of hydrogen-bond acceptors (Lipinski definition) is 4. The molecule has 0 aliphatic carbocycles. The number of rotatable bonds is 6. The summed E-state index contributed by atoms with van der Waals surface area (Å²) in [6.07, 6.45) is 1.27. The van der Waals surface area contributed by atoms with Gasteiger partial charge in [0, 0.05) is 12.4 Å². The Bertz CT molecular complexity index is 85.1. The zero-order valence-electron chi connectivity index (χ0n) is 5.78. The standard InChI is InChI=1S/C6H12O3S/c7-10-3-1-2-8-4-6-5-9-6/h6-7H,1-5H2. The molecule has 1 aliphatic heterocycles. The first-order chi connectivity index (χ1) is 4.93. The third-order valence-corrected chi connectivity index (χ3v) is 1.70. The molecule has 1 saturated heterocycles. The molecule has 0 aromatic rings. The number of ether oxygens (including phenoxy) is 2. The Hall–Kier alpha value is 0.230. The van der Waals surface area contributed by atoms with E-state index >= 15 is 0 Å². The van der Waals surface area contributed by atoms with Gasteiger partial charge in [0.2, 0.25) is 0 Å². The molecule has 1 unspecified atom stereocenters. The second-order valence-corrected chi connectivity index (χ2v) is 2.88. The summed E-state index contributed by atoms with van der Waals surface area (Å²) < 4.78 is 18.5. The van der Waals surface area contributed by atoms with Gasteiger partial charge in [-0.05, 0) is 18.5 Å². The molecule has 0 amide bonds. The molecule has 10 heavy (non-hydrogen) atoms. The molecule has 1 heterocycles. The molecule has 4 heteroatoms. The van der Waals surface area contributed by atoms with Crippen LogP contribution in [0.15, 0.2) is 0 Å². The number of epoxide rings is 1. The van der Waals surface area contributed by atoms with E-state index in [9.17, 15) is 0 Å². The van der Waals surface area contributed by atoms with Crippen molar-refractivity contribution in [3.8, 4) is 0 Å². The van der Waals surface area contributed by atoms with E-state index in [0.29, 0.717) is 6.10 Å². The van der Waals surface area contributed by atoms with E-state index in [1.165, 1.54) is 0 Å². The van der Waals surface area contributed by atoms with Gasteiger partial charge in [-0.25, -0.2) is 0 Å². The molecule has 0 bridgehead atoms. The minimum atomic E-state index is 0.363. The van der Waals surface area contributed by atoms with Crippen molar-refractivity contribution >= 4 is 12.0 Å². The maximum atomic E-state index is 8.32. The lowest BCUT2D eigenvalue weighted by Gasteiger charge is -1.98. The van der Waals surface area contributed by atoms with E-state index < -0.39 is 0 Å². The van der Waals surface area contributed by atoms with Crippen LogP contribution in [-0.2, 0) is 9.47 Å². The second kappa shape index (κ2) is 4.96. The highest BCUT2D eigenvalue weighted by molar-refractivity contribution is 7.93. The van der Waals surface area contributed by atoms with Crippen LogP contribution in [0.4, 0.5) is 0 Å². The highest BCUT2D eigenvalue weighted by Gasteiger charge is 2.21. The molecule has 0 spiro atoms. The predicted octanol–water partition coefficient (Wildman–Crippen LogP) is 0.998. The smallest absolute Gasteiger partial charge is 0.104 e. The van der Waals surface area contributed by atoms with Gasteiger partial charge in [-0.2, -0.15) is 0 Å². The molecular formula is C6H12O3S. The van der Waals surface area contributed by atoms with Crippen LogP contribution < -0.4 is 0 Å². The minimum absolute atomic E-state index is 0.363. The van der Waals surface area contributed by atoms with E-state index in [0.717, 1.165) is 44.0 Å². The lowest BCUT2D eigenvalue weighted by atomic mass is 10.5. The largest absolute Gasteiger partial charge is 0.379 e. The molecule has 1 atom stereocenters. The highest BCUT2D eigenvalue weighted by Crippen LogP contribution is 2.08. The lowest BCUT2D eigenvalue weighted by molar-refractivity contribution is 0.117. The lowest BCUT2D eigenvalue weighted by Crippen LogP contribution is -2.03. The molecule has 60 valence electrons. The van der Waals surface area contributed by atoms with Crippen LogP contribution in [0.5, 0.6) is 0 Å². The Labute approximate surface area is 64.9 Å². The van der Waals surface area contributed by atoms with Crippen LogP contribution in [0.25, 0.3) is 0 Å². The topological polar surface area (TPSA) is 42.0 Å². The first-order valence-corrected chi connectivity index (χ1v) is 4.33. The molecule has 1 aliphatic rings. The number of hydrogen-bond donors (Lipinski definition) is 1. The summed E-state index contributed by atoms with van der Waals surface area (Å²) in [4.78, 5) is 0. The molecule has 1 fully saturated rings. The molecule has 0 saturated carbocycles. The minimum Gasteiger partial charge on any atom is -0.379 e. The van der Waals surface area contributed by atoms with Crippen molar-refractivity contribution < 1.29 is 14.0 Å². The first-order valence-electron chi connectivity index (χ1n) is 3.39. The fourth-order valence-corrected chi connectivity index (χ4v) is 0.852. The molecule has 0 aromatic carbocycles. The molecule has 1 N–H and O–H groups in total. The summed E-state index contributed by atoms with van der Waals surface area (Å²) in [6.45, 7) is 2.30. The Balaban J connectivity index is 1.68. The van der Waals surface area contributed by atoms with Gasteiger partial charge < -0.3 is 14.0 Å². The molecular weight excluding hydrogens is 152 g/mol. The van der Waals surface area contributed by atoms with Crippen LogP contribution in [0, 0.1) is 0 Å². The van der Waals surface area contributed by atoms with Crippen LogP contribution in [0.2, 0.25) is 0 Å². The summed E-state index contributed by atoms with van der Waals surface area (Å²) in [6, 6.07) is 0. The van der Waals surface area contributed by atoms with Crippen LogP contribution in [0.3, 0.4) is 0 Å². The van der Waals surface area contributed by atoms with Gasteiger partial charge in [0.1, 0.15) is 6.10 Å². The summed E-state index contributed by atoms with van der Waals surface area (Å²) >= 11 is 0.865. The quantitative estimate of drug-likeness (QED) is 0.361. The Morgan fingerprint density at radius 3 is 3.10 bits per heavy atom. The van der Waals surface area contributed by atoms with E-state index in [2.05, 4.69) is 0 Å². The summed E-state index contributed by atoms with van der Waals surface area (Å²) in [5.74, 6) is 0.755. The zero-order valence-corrected chi connectivity index (χ0v) is 6.60. The van der Waals surface area contributed by atoms with Gasteiger partial charge in [0.15, 0.2) is 0 Å². The van der Waals surface area contributed by atoms with Crippen LogP contribution in [-0.4, -0.2) is 36.2 Å². The Morgan fingerprint density at radius 1 is 1.70 bits per heavy atom. The molecule has 3 nitrogen and oxygen atoms in total. The van der Waals surface area contributed by atoms with E-state index in [1.54, 1.807) is 0 Å². The molecule has 1 rings (SSSR count). The monoisotopic (exact) mass is 164 g/mol. The highest BCUT2D eigenvalue weighted by atomic mass is 32.2. The summed E-state index contributed by atoms with van der Waals surface area (Å²) in [7, 11) is 0. The van der Waals surface area contributed by atoms with Gasteiger partial charge in [0.05, 0.1) is 13.2 Å². The Kier molecular flexibility index (Phi) is 4.13.